The van der Waals surface area contributed by atoms with Crippen molar-refractivity contribution in [1.29, 1.82) is 5.26 Å². The average molecular weight is 315 g/mol. The number of hydrogen-bond acceptors (Lipinski definition) is 3. The highest BCUT2D eigenvalue weighted by Crippen LogP contribution is 2.11. The van der Waals surface area contributed by atoms with Crippen LogP contribution >= 0.6 is 15.9 Å². The predicted octanol–water partition coefficient (Wildman–Crippen LogP) is 1.89. The molecule has 0 aromatic heterocycles. The molecule has 90 valence electrons. The van der Waals surface area contributed by atoms with E-state index in [4.69, 9.17) is 5.26 Å². The van der Waals surface area contributed by atoms with Crippen molar-refractivity contribution in [3.8, 4) is 6.07 Å². The van der Waals surface area contributed by atoms with Gasteiger partial charge in [-0.05, 0) is 11.6 Å². The first-order chi connectivity index (χ1) is 7.94. The predicted molar refractivity (Wildman–Crippen MR) is 69.9 cm³/mol. The SMILES string of the molecule is C=C(Br)CNS(=O)(=O)Cc1ccccc1C#N. The summed E-state index contributed by atoms with van der Waals surface area (Å²) in [5.74, 6) is -0.211. The lowest BCUT2D eigenvalue weighted by molar-refractivity contribution is 0.584. The van der Waals surface area contributed by atoms with Crippen molar-refractivity contribution in [2.45, 2.75) is 5.75 Å². The summed E-state index contributed by atoms with van der Waals surface area (Å²) >= 11 is 3.07. The summed E-state index contributed by atoms with van der Waals surface area (Å²) in [6.45, 7) is 3.67. The number of halogens is 1. The molecule has 0 heterocycles. The minimum absolute atomic E-state index is 0.136. The fourth-order valence-corrected chi connectivity index (χ4v) is 2.68. The minimum atomic E-state index is -3.45. The summed E-state index contributed by atoms with van der Waals surface area (Å²) in [7, 11) is -3.45. The van der Waals surface area contributed by atoms with Crippen LogP contribution in [0.4, 0.5) is 0 Å². The number of nitriles is 1. The molecule has 1 N–H and O–H groups in total. The van der Waals surface area contributed by atoms with Crippen LogP contribution in [0.25, 0.3) is 0 Å². The largest absolute Gasteiger partial charge is 0.216 e. The number of nitrogens with zero attached hydrogens (tertiary/aromatic N) is 1. The van der Waals surface area contributed by atoms with E-state index in [0.717, 1.165) is 0 Å². The third-order valence-electron chi connectivity index (χ3n) is 1.97. The van der Waals surface area contributed by atoms with Crippen LogP contribution in [0, 0.1) is 11.3 Å². The van der Waals surface area contributed by atoms with Crippen LogP contribution < -0.4 is 4.72 Å². The standard InChI is InChI=1S/C11H11BrN2O2S/c1-9(12)7-14-17(15,16)8-11-5-3-2-4-10(11)6-13/h2-5,14H,1,7-8H2. The molecule has 0 atom stereocenters. The molecule has 4 nitrogen and oxygen atoms in total. The van der Waals surface area contributed by atoms with Crippen molar-refractivity contribution in [2.75, 3.05) is 6.54 Å². The molecule has 0 bridgehead atoms. The summed E-state index contributed by atoms with van der Waals surface area (Å²) in [4.78, 5) is 0. The number of sulfonamides is 1. The number of hydrogen-bond donors (Lipinski definition) is 1. The lowest BCUT2D eigenvalue weighted by Crippen LogP contribution is -2.26. The van der Waals surface area contributed by atoms with Gasteiger partial charge in [-0.25, -0.2) is 13.1 Å². The number of benzene rings is 1. The molecule has 1 rings (SSSR count). The van der Waals surface area contributed by atoms with E-state index >= 15 is 0 Å². The maximum Gasteiger partial charge on any atom is 0.216 e. The number of nitrogens with one attached hydrogen (secondary N) is 1. The van der Waals surface area contributed by atoms with Gasteiger partial charge in [-0.1, -0.05) is 40.7 Å². The molecule has 0 saturated heterocycles. The second-order valence-corrected chi connectivity index (χ2v) is 6.29. The summed E-state index contributed by atoms with van der Waals surface area (Å²) in [6, 6.07) is 8.58. The highest BCUT2D eigenvalue weighted by Gasteiger charge is 2.13. The molecule has 0 aliphatic carbocycles. The van der Waals surface area contributed by atoms with Crippen molar-refractivity contribution in [1.82, 2.24) is 4.72 Å². The van der Waals surface area contributed by atoms with Crippen LogP contribution in [0.5, 0.6) is 0 Å². The zero-order valence-corrected chi connectivity index (χ0v) is 11.4. The highest BCUT2D eigenvalue weighted by atomic mass is 79.9. The molecular weight excluding hydrogens is 304 g/mol. The Morgan fingerprint density at radius 3 is 2.71 bits per heavy atom. The highest BCUT2D eigenvalue weighted by molar-refractivity contribution is 9.11. The zero-order chi connectivity index (χ0) is 12.9. The van der Waals surface area contributed by atoms with Crippen LogP contribution in [0.1, 0.15) is 11.1 Å². The maximum absolute atomic E-state index is 11.7. The van der Waals surface area contributed by atoms with Gasteiger partial charge in [0.05, 0.1) is 17.4 Å². The maximum atomic E-state index is 11.7. The molecule has 0 amide bonds. The normalized spacial score (nSPS) is 10.8. The molecule has 0 radical (unpaired) electrons. The van der Waals surface area contributed by atoms with Gasteiger partial charge < -0.3 is 0 Å². The first-order valence-electron chi connectivity index (χ1n) is 4.73. The van der Waals surface area contributed by atoms with Crippen molar-refractivity contribution in [2.24, 2.45) is 0 Å². The van der Waals surface area contributed by atoms with E-state index in [1.807, 2.05) is 6.07 Å². The van der Waals surface area contributed by atoms with Gasteiger partial charge in [0, 0.05) is 11.0 Å². The van der Waals surface area contributed by atoms with Crippen molar-refractivity contribution >= 4 is 26.0 Å². The molecule has 17 heavy (non-hydrogen) atoms. The number of rotatable bonds is 5. The smallest absolute Gasteiger partial charge is 0.212 e. The van der Waals surface area contributed by atoms with E-state index in [1.165, 1.54) is 0 Å². The van der Waals surface area contributed by atoms with E-state index in [1.54, 1.807) is 24.3 Å². The first-order valence-corrected chi connectivity index (χ1v) is 7.18. The third kappa shape index (κ3) is 4.69. The van der Waals surface area contributed by atoms with Gasteiger partial charge in [-0.3, -0.25) is 0 Å². The molecule has 0 unspecified atom stereocenters. The Morgan fingerprint density at radius 2 is 2.12 bits per heavy atom. The Hall–Kier alpha value is -1.16. The third-order valence-corrected chi connectivity index (χ3v) is 3.52. The van der Waals surface area contributed by atoms with E-state index in [-0.39, 0.29) is 12.3 Å². The molecule has 0 fully saturated rings. The van der Waals surface area contributed by atoms with Crippen LogP contribution in [0.15, 0.2) is 35.3 Å². The molecule has 6 heteroatoms. The Morgan fingerprint density at radius 1 is 1.47 bits per heavy atom. The zero-order valence-electron chi connectivity index (χ0n) is 8.98. The Balaban J connectivity index is 2.84. The lowest BCUT2D eigenvalue weighted by Gasteiger charge is -2.07. The van der Waals surface area contributed by atoms with Gasteiger partial charge >= 0.3 is 0 Å². The van der Waals surface area contributed by atoms with Gasteiger partial charge in [-0.15, -0.1) is 0 Å². The van der Waals surface area contributed by atoms with Gasteiger partial charge in [0.15, 0.2) is 0 Å². The van der Waals surface area contributed by atoms with Crippen LogP contribution in [-0.2, 0) is 15.8 Å². The van der Waals surface area contributed by atoms with E-state index in [9.17, 15) is 8.42 Å². The van der Waals surface area contributed by atoms with E-state index < -0.39 is 10.0 Å². The lowest BCUT2D eigenvalue weighted by atomic mass is 10.1. The summed E-state index contributed by atoms with van der Waals surface area (Å²) in [5, 5.41) is 8.85. The monoisotopic (exact) mass is 314 g/mol. The fraction of sp³-hybridized carbons (Fsp3) is 0.182. The molecule has 0 spiro atoms. The molecule has 0 saturated carbocycles. The van der Waals surface area contributed by atoms with E-state index in [0.29, 0.717) is 15.6 Å². The Labute approximate surface area is 109 Å². The minimum Gasteiger partial charge on any atom is -0.212 e. The molecule has 0 aliphatic heterocycles. The molecule has 1 aromatic carbocycles. The van der Waals surface area contributed by atoms with E-state index in [2.05, 4.69) is 27.2 Å². The Kier molecular flexibility index (Phi) is 4.87. The van der Waals surface area contributed by atoms with Gasteiger partial charge in [0.25, 0.3) is 0 Å². The average Bonchev–Trinajstić information content (AvgIpc) is 2.27. The Bertz CT molecular complexity index is 561. The second kappa shape index (κ2) is 5.96. The first kappa shape index (κ1) is 13.9. The quantitative estimate of drug-likeness (QED) is 0.902. The molecule has 0 aliphatic rings. The topological polar surface area (TPSA) is 70.0 Å². The summed E-state index contributed by atoms with van der Waals surface area (Å²) in [6.07, 6.45) is 0. The van der Waals surface area contributed by atoms with Gasteiger partial charge in [-0.2, -0.15) is 5.26 Å². The van der Waals surface area contributed by atoms with Gasteiger partial charge in [0.2, 0.25) is 10.0 Å². The van der Waals surface area contributed by atoms with Crippen molar-refractivity contribution in [3.63, 3.8) is 0 Å². The van der Waals surface area contributed by atoms with Crippen LogP contribution in [-0.4, -0.2) is 15.0 Å². The fourth-order valence-electron chi connectivity index (χ4n) is 1.20. The summed E-state index contributed by atoms with van der Waals surface area (Å²) in [5.41, 5.74) is 0.859. The summed E-state index contributed by atoms with van der Waals surface area (Å²) < 4.78 is 26.3. The molecule has 1 aromatic rings. The van der Waals surface area contributed by atoms with Crippen LogP contribution in [0.3, 0.4) is 0 Å². The second-order valence-electron chi connectivity index (χ2n) is 3.37. The van der Waals surface area contributed by atoms with Crippen molar-refractivity contribution < 1.29 is 8.42 Å². The molecular formula is C11H11BrN2O2S. The van der Waals surface area contributed by atoms with Crippen LogP contribution in [0.2, 0.25) is 0 Å². The van der Waals surface area contributed by atoms with Crippen molar-refractivity contribution in [3.05, 3.63) is 46.5 Å². The van der Waals surface area contributed by atoms with Gasteiger partial charge in [0.1, 0.15) is 0 Å².